The summed E-state index contributed by atoms with van der Waals surface area (Å²) in [7, 11) is 1.08. The van der Waals surface area contributed by atoms with Crippen molar-refractivity contribution < 1.29 is 32.6 Å². The van der Waals surface area contributed by atoms with Gasteiger partial charge in [-0.1, -0.05) is 12.1 Å². The van der Waals surface area contributed by atoms with Crippen LogP contribution < -0.4 is 0 Å². The van der Waals surface area contributed by atoms with Crippen molar-refractivity contribution in [1.29, 1.82) is 0 Å². The van der Waals surface area contributed by atoms with Gasteiger partial charge in [0.05, 0.1) is 25.0 Å². The molecule has 0 spiro atoms. The number of rotatable bonds is 4. The van der Waals surface area contributed by atoms with Gasteiger partial charge in [-0.05, 0) is 17.7 Å². The highest BCUT2D eigenvalue weighted by Crippen LogP contribution is 2.31. The highest BCUT2D eigenvalue weighted by molar-refractivity contribution is 5.83. The van der Waals surface area contributed by atoms with E-state index in [0.29, 0.717) is 0 Å². The number of methoxy groups -OCH3 is 1. The minimum atomic E-state index is -4.48. The Labute approximate surface area is 106 Å². The zero-order valence-electron chi connectivity index (χ0n) is 9.90. The predicted molar refractivity (Wildman–Crippen MR) is 58.5 cm³/mol. The fraction of sp³-hybridized carbons (Fsp3) is 0.333. The van der Waals surface area contributed by atoms with Gasteiger partial charge in [0.15, 0.2) is 0 Å². The number of benzene rings is 1. The molecule has 1 atom stereocenters. The average molecular weight is 276 g/mol. The molecule has 0 fully saturated rings. The van der Waals surface area contributed by atoms with E-state index in [1.165, 1.54) is 0 Å². The third-order valence-electron chi connectivity index (χ3n) is 2.50. The summed E-state index contributed by atoms with van der Waals surface area (Å²) in [4.78, 5) is 22.1. The van der Waals surface area contributed by atoms with Crippen molar-refractivity contribution in [2.45, 2.75) is 18.5 Å². The maximum atomic E-state index is 12.4. The summed E-state index contributed by atoms with van der Waals surface area (Å²) in [6, 6.07) is 3.75. The lowest BCUT2D eigenvalue weighted by Crippen LogP contribution is -2.18. The number of carboxylic acid groups (broad SMARTS) is 1. The maximum Gasteiger partial charge on any atom is 0.416 e. The zero-order valence-corrected chi connectivity index (χ0v) is 9.90. The molecule has 0 aliphatic rings. The van der Waals surface area contributed by atoms with Crippen molar-refractivity contribution in [2.24, 2.45) is 0 Å². The largest absolute Gasteiger partial charge is 0.481 e. The fourth-order valence-electron chi connectivity index (χ4n) is 1.56. The number of carbonyl (C=O) groups is 2. The molecule has 0 aliphatic heterocycles. The Morgan fingerprint density at radius 1 is 1.26 bits per heavy atom. The molecule has 0 heterocycles. The van der Waals surface area contributed by atoms with Crippen molar-refractivity contribution >= 4 is 11.9 Å². The van der Waals surface area contributed by atoms with Gasteiger partial charge in [0, 0.05) is 0 Å². The van der Waals surface area contributed by atoms with Crippen molar-refractivity contribution in [1.82, 2.24) is 0 Å². The van der Waals surface area contributed by atoms with E-state index in [1.54, 1.807) is 0 Å². The van der Waals surface area contributed by atoms with Crippen molar-refractivity contribution in [3.63, 3.8) is 0 Å². The second-order valence-electron chi connectivity index (χ2n) is 3.79. The van der Waals surface area contributed by atoms with Crippen LogP contribution in [0.3, 0.4) is 0 Å². The molecular formula is C12H11F3O4. The molecule has 1 unspecified atom stereocenters. The molecule has 7 heteroatoms. The van der Waals surface area contributed by atoms with Crippen LogP contribution >= 0.6 is 0 Å². The number of ether oxygens (including phenoxy) is 1. The van der Waals surface area contributed by atoms with Crippen LogP contribution in [0, 0.1) is 0 Å². The molecule has 1 N–H and O–H groups in total. The summed E-state index contributed by atoms with van der Waals surface area (Å²) in [5, 5.41) is 8.69. The van der Waals surface area contributed by atoms with Crippen LogP contribution in [0.25, 0.3) is 0 Å². The number of alkyl halides is 3. The highest BCUT2D eigenvalue weighted by Gasteiger charge is 2.31. The summed E-state index contributed by atoms with van der Waals surface area (Å²) in [5.41, 5.74) is -0.697. The summed E-state index contributed by atoms with van der Waals surface area (Å²) in [6.45, 7) is 0. The Hall–Kier alpha value is -2.05. The van der Waals surface area contributed by atoms with Gasteiger partial charge in [0.25, 0.3) is 0 Å². The summed E-state index contributed by atoms with van der Waals surface area (Å²) < 4.78 is 41.6. The first-order chi connectivity index (χ1) is 8.75. The molecule has 104 valence electrons. The molecule has 4 nitrogen and oxygen atoms in total. The Morgan fingerprint density at radius 3 is 2.16 bits per heavy atom. The monoisotopic (exact) mass is 276 g/mol. The van der Waals surface area contributed by atoms with E-state index in [-0.39, 0.29) is 5.56 Å². The van der Waals surface area contributed by atoms with E-state index in [0.717, 1.165) is 31.4 Å². The lowest BCUT2D eigenvalue weighted by molar-refractivity contribution is -0.147. The number of carbonyl (C=O) groups excluding carboxylic acids is 1. The lowest BCUT2D eigenvalue weighted by atomic mass is 9.95. The lowest BCUT2D eigenvalue weighted by Gasteiger charge is -2.14. The Morgan fingerprint density at radius 2 is 1.79 bits per heavy atom. The smallest absolute Gasteiger partial charge is 0.416 e. The first-order valence-electron chi connectivity index (χ1n) is 5.22. The van der Waals surface area contributed by atoms with E-state index in [4.69, 9.17) is 5.11 Å². The minimum Gasteiger partial charge on any atom is -0.481 e. The van der Waals surface area contributed by atoms with E-state index < -0.39 is 36.0 Å². The Bertz CT molecular complexity index is 465. The third-order valence-corrected chi connectivity index (χ3v) is 2.50. The number of halogens is 3. The number of hydrogen-bond donors (Lipinski definition) is 1. The molecule has 1 rings (SSSR count). The van der Waals surface area contributed by atoms with Crippen LogP contribution in [-0.4, -0.2) is 24.2 Å². The van der Waals surface area contributed by atoms with Crippen LogP contribution in [0.15, 0.2) is 24.3 Å². The number of carboxylic acids is 1. The zero-order chi connectivity index (χ0) is 14.6. The van der Waals surface area contributed by atoms with Gasteiger partial charge < -0.3 is 9.84 Å². The van der Waals surface area contributed by atoms with Gasteiger partial charge in [-0.2, -0.15) is 13.2 Å². The normalized spacial score (nSPS) is 12.8. The third kappa shape index (κ3) is 3.97. The van der Waals surface area contributed by atoms with Crippen molar-refractivity contribution in [3.8, 4) is 0 Å². The van der Waals surface area contributed by atoms with Crippen LogP contribution in [-0.2, 0) is 20.5 Å². The van der Waals surface area contributed by atoms with Crippen LogP contribution in [0.1, 0.15) is 23.5 Å². The quantitative estimate of drug-likeness (QED) is 0.858. The van der Waals surface area contributed by atoms with Crippen LogP contribution in [0.2, 0.25) is 0 Å². The number of aliphatic carboxylic acids is 1. The van der Waals surface area contributed by atoms with Gasteiger partial charge in [0.2, 0.25) is 0 Å². The van der Waals surface area contributed by atoms with Gasteiger partial charge in [-0.3, -0.25) is 9.59 Å². The minimum absolute atomic E-state index is 0.169. The fourth-order valence-corrected chi connectivity index (χ4v) is 1.56. The first-order valence-corrected chi connectivity index (χ1v) is 5.22. The molecule has 1 aromatic rings. The van der Waals surface area contributed by atoms with Crippen molar-refractivity contribution in [3.05, 3.63) is 35.4 Å². The summed E-state index contributed by atoms with van der Waals surface area (Å²) in [5.74, 6) is -3.16. The molecule has 0 bridgehead atoms. The molecule has 0 aromatic heterocycles. The van der Waals surface area contributed by atoms with Gasteiger partial charge in [0.1, 0.15) is 0 Å². The maximum absolute atomic E-state index is 12.4. The summed E-state index contributed by atoms with van der Waals surface area (Å²) >= 11 is 0. The molecule has 0 aliphatic carbocycles. The van der Waals surface area contributed by atoms with Gasteiger partial charge >= 0.3 is 18.1 Å². The van der Waals surface area contributed by atoms with Gasteiger partial charge in [-0.25, -0.2) is 0 Å². The number of hydrogen-bond acceptors (Lipinski definition) is 3. The summed E-state index contributed by atoms with van der Waals surface area (Å²) in [6.07, 6.45) is -5.02. The molecule has 19 heavy (non-hydrogen) atoms. The molecule has 0 radical (unpaired) electrons. The van der Waals surface area contributed by atoms with Crippen molar-refractivity contribution in [2.75, 3.05) is 7.11 Å². The van der Waals surface area contributed by atoms with E-state index in [1.807, 2.05) is 0 Å². The molecule has 0 amide bonds. The van der Waals surface area contributed by atoms with E-state index in [9.17, 15) is 22.8 Å². The average Bonchev–Trinajstić information content (AvgIpc) is 2.34. The molecular weight excluding hydrogens is 265 g/mol. The molecule has 1 aromatic carbocycles. The molecule has 0 saturated carbocycles. The second kappa shape index (κ2) is 5.73. The number of esters is 1. The Balaban J connectivity index is 3.04. The van der Waals surface area contributed by atoms with Crippen LogP contribution in [0.4, 0.5) is 13.2 Å². The highest BCUT2D eigenvalue weighted by atomic mass is 19.4. The first kappa shape index (κ1) is 15.0. The standard InChI is InChI=1S/C12H11F3O4/c1-19-11(18)9(6-10(16)17)7-2-4-8(5-3-7)12(13,14)15/h2-5,9H,6H2,1H3,(H,16,17). The second-order valence-corrected chi connectivity index (χ2v) is 3.79. The Kier molecular flexibility index (Phi) is 4.52. The van der Waals surface area contributed by atoms with E-state index >= 15 is 0 Å². The van der Waals surface area contributed by atoms with Gasteiger partial charge in [-0.15, -0.1) is 0 Å². The topological polar surface area (TPSA) is 63.6 Å². The molecule has 0 saturated heterocycles. The van der Waals surface area contributed by atoms with Crippen LogP contribution in [0.5, 0.6) is 0 Å². The predicted octanol–water partition coefficient (Wildman–Crippen LogP) is 2.44. The SMILES string of the molecule is COC(=O)C(CC(=O)O)c1ccc(C(F)(F)F)cc1. The van der Waals surface area contributed by atoms with E-state index in [2.05, 4.69) is 4.74 Å².